The SMILES string of the molecule is CCNC(=O)c1cc(C(=O)C2CN(C)C(=O)C2=O)oc1Cc1ccc(F)cc1. The number of hydrogen-bond acceptors (Lipinski definition) is 5. The molecule has 7 nitrogen and oxygen atoms in total. The van der Waals surface area contributed by atoms with Gasteiger partial charge in [-0.1, -0.05) is 12.1 Å². The Hall–Kier alpha value is -3.29. The summed E-state index contributed by atoms with van der Waals surface area (Å²) in [5, 5.41) is 2.64. The van der Waals surface area contributed by atoms with E-state index in [4.69, 9.17) is 4.42 Å². The lowest BCUT2D eigenvalue weighted by Crippen LogP contribution is -2.24. The van der Waals surface area contributed by atoms with E-state index in [1.807, 2.05) is 0 Å². The maximum Gasteiger partial charge on any atom is 0.290 e. The highest BCUT2D eigenvalue weighted by Gasteiger charge is 2.43. The van der Waals surface area contributed by atoms with Crippen molar-refractivity contribution in [1.29, 1.82) is 0 Å². The minimum Gasteiger partial charge on any atom is -0.457 e. The third-order valence-corrected chi connectivity index (χ3v) is 4.56. The lowest BCUT2D eigenvalue weighted by molar-refractivity contribution is -0.139. The second kappa shape index (κ2) is 7.75. The molecule has 2 heterocycles. The number of benzene rings is 1. The molecule has 1 fully saturated rings. The van der Waals surface area contributed by atoms with E-state index >= 15 is 0 Å². The van der Waals surface area contributed by atoms with Crippen LogP contribution < -0.4 is 5.32 Å². The van der Waals surface area contributed by atoms with E-state index in [0.29, 0.717) is 12.1 Å². The Kier molecular flexibility index (Phi) is 5.39. The third-order valence-electron chi connectivity index (χ3n) is 4.56. The molecule has 1 N–H and O–H groups in total. The lowest BCUT2D eigenvalue weighted by atomic mass is 9.99. The monoisotopic (exact) mass is 386 g/mol. The zero-order valence-corrected chi connectivity index (χ0v) is 15.5. The van der Waals surface area contributed by atoms with Gasteiger partial charge in [0.15, 0.2) is 5.76 Å². The number of nitrogens with one attached hydrogen (secondary N) is 1. The number of halogens is 1. The zero-order valence-electron chi connectivity index (χ0n) is 15.5. The van der Waals surface area contributed by atoms with Crippen molar-refractivity contribution < 1.29 is 28.0 Å². The van der Waals surface area contributed by atoms with Crippen molar-refractivity contribution in [2.24, 2.45) is 5.92 Å². The molecule has 146 valence electrons. The molecule has 28 heavy (non-hydrogen) atoms. The van der Waals surface area contributed by atoms with E-state index in [9.17, 15) is 23.6 Å². The number of ketones is 2. The first-order valence-electron chi connectivity index (χ1n) is 8.80. The van der Waals surface area contributed by atoms with Crippen molar-refractivity contribution in [2.45, 2.75) is 13.3 Å². The summed E-state index contributed by atoms with van der Waals surface area (Å²) in [4.78, 5) is 50.0. The van der Waals surface area contributed by atoms with Crippen LogP contribution >= 0.6 is 0 Å². The molecule has 0 aliphatic carbocycles. The Labute approximate surface area is 160 Å². The average Bonchev–Trinajstić information content (AvgIpc) is 3.20. The molecule has 1 aromatic carbocycles. The lowest BCUT2D eigenvalue weighted by Gasteiger charge is -2.06. The van der Waals surface area contributed by atoms with E-state index in [1.54, 1.807) is 19.1 Å². The van der Waals surface area contributed by atoms with E-state index < -0.39 is 35.1 Å². The van der Waals surface area contributed by atoms with Gasteiger partial charge in [0, 0.05) is 32.6 Å². The molecule has 0 bridgehead atoms. The van der Waals surface area contributed by atoms with Gasteiger partial charge in [0.1, 0.15) is 17.5 Å². The van der Waals surface area contributed by atoms with E-state index in [0.717, 1.165) is 0 Å². The summed E-state index contributed by atoms with van der Waals surface area (Å²) in [5.41, 5.74) is 0.854. The van der Waals surface area contributed by atoms with Crippen LogP contribution in [0, 0.1) is 11.7 Å². The summed E-state index contributed by atoms with van der Waals surface area (Å²) in [6.07, 6.45) is 0.164. The van der Waals surface area contributed by atoms with Crippen LogP contribution in [-0.4, -0.2) is 48.4 Å². The molecule has 0 spiro atoms. The highest BCUT2D eigenvalue weighted by Crippen LogP contribution is 2.24. The first-order valence-corrected chi connectivity index (χ1v) is 8.80. The molecule has 1 aliphatic heterocycles. The van der Waals surface area contributed by atoms with E-state index in [-0.39, 0.29) is 30.0 Å². The number of hydrogen-bond donors (Lipinski definition) is 1. The number of carbonyl (C=O) groups is 4. The molecule has 1 aliphatic rings. The largest absolute Gasteiger partial charge is 0.457 e. The number of likely N-dealkylation sites (N-methyl/N-ethyl adjacent to an activating group) is 1. The normalized spacial score (nSPS) is 16.5. The van der Waals surface area contributed by atoms with Crippen LogP contribution in [-0.2, 0) is 16.0 Å². The van der Waals surface area contributed by atoms with Gasteiger partial charge < -0.3 is 14.6 Å². The molecule has 1 saturated heterocycles. The summed E-state index contributed by atoms with van der Waals surface area (Å²) in [5.74, 6) is -4.04. The van der Waals surface area contributed by atoms with Gasteiger partial charge in [-0.2, -0.15) is 0 Å². The quantitative estimate of drug-likeness (QED) is 0.462. The second-order valence-electron chi connectivity index (χ2n) is 6.58. The number of nitrogens with zero attached hydrogens (tertiary/aromatic N) is 1. The fourth-order valence-corrected chi connectivity index (χ4v) is 3.07. The van der Waals surface area contributed by atoms with Crippen LogP contribution in [0.3, 0.4) is 0 Å². The number of amides is 2. The van der Waals surface area contributed by atoms with Crippen LogP contribution in [0.25, 0.3) is 0 Å². The predicted octanol–water partition coefficient (Wildman–Crippen LogP) is 1.60. The van der Waals surface area contributed by atoms with Gasteiger partial charge in [-0.05, 0) is 24.6 Å². The molecule has 3 rings (SSSR count). The highest BCUT2D eigenvalue weighted by atomic mass is 19.1. The van der Waals surface area contributed by atoms with Crippen molar-refractivity contribution in [1.82, 2.24) is 10.2 Å². The van der Waals surface area contributed by atoms with Crippen LogP contribution in [0.4, 0.5) is 4.39 Å². The summed E-state index contributed by atoms with van der Waals surface area (Å²) in [6.45, 7) is 2.10. The van der Waals surface area contributed by atoms with Crippen molar-refractivity contribution in [3.63, 3.8) is 0 Å². The average molecular weight is 386 g/mol. The number of likely N-dealkylation sites (tertiary alicyclic amines) is 1. The third kappa shape index (κ3) is 3.71. The molecular formula is C20H19FN2O5. The van der Waals surface area contributed by atoms with Crippen LogP contribution in [0.1, 0.15) is 39.2 Å². The van der Waals surface area contributed by atoms with Gasteiger partial charge in [-0.3, -0.25) is 19.2 Å². The molecule has 2 amide bonds. The molecule has 8 heteroatoms. The Morgan fingerprint density at radius 1 is 1.25 bits per heavy atom. The Morgan fingerprint density at radius 2 is 1.93 bits per heavy atom. The summed E-state index contributed by atoms with van der Waals surface area (Å²) >= 11 is 0. The molecule has 2 aromatic rings. The zero-order chi connectivity index (χ0) is 20.4. The van der Waals surface area contributed by atoms with Crippen molar-refractivity contribution in [2.75, 3.05) is 20.1 Å². The van der Waals surface area contributed by atoms with Crippen molar-refractivity contribution in [3.05, 3.63) is 58.8 Å². The maximum absolute atomic E-state index is 13.1. The smallest absolute Gasteiger partial charge is 0.290 e. The van der Waals surface area contributed by atoms with Gasteiger partial charge in [-0.25, -0.2) is 4.39 Å². The first-order chi connectivity index (χ1) is 13.3. The second-order valence-corrected chi connectivity index (χ2v) is 6.58. The number of carbonyl (C=O) groups excluding carboxylic acids is 4. The van der Waals surface area contributed by atoms with Crippen LogP contribution in [0.15, 0.2) is 34.7 Å². The number of Topliss-reactive ketones (excluding diaryl/α,β-unsaturated/α-hetero) is 2. The topological polar surface area (TPSA) is 96.7 Å². The van der Waals surface area contributed by atoms with Gasteiger partial charge in [0.2, 0.25) is 11.6 Å². The fraction of sp³-hybridized carbons (Fsp3) is 0.300. The molecule has 0 saturated carbocycles. The minimum absolute atomic E-state index is 0.0268. The minimum atomic E-state index is -1.15. The number of rotatable bonds is 6. The Morgan fingerprint density at radius 3 is 2.50 bits per heavy atom. The van der Waals surface area contributed by atoms with Gasteiger partial charge in [0.25, 0.3) is 11.8 Å². The Balaban J connectivity index is 1.93. The Bertz CT molecular complexity index is 948. The fourth-order valence-electron chi connectivity index (χ4n) is 3.07. The van der Waals surface area contributed by atoms with Crippen molar-refractivity contribution >= 4 is 23.4 Å². The van der Waals surface area contributed by atoms with Crippen LogP contribution in [0.2, 0.25) is 0 Å². The standard InChI is InChI=1S/C20H19FN2O5/c1-3-22-19(26)13-9-16(17(24)14-10-23(2)20(27)18(14)25)28-15(13)8-11-4-6-12(21)7-5-11/h4-7,9,14H,3,8,10H2,1-2H3,(H,22,26). The van der Waals surface area contributed by atoms with Gasteiger partial charge in [0.05, 0.1) is 5.56 Å². The van der Waals surface area contributed by atoms with E-state index in [2.05, 4.69) is 5.32 Å². The number of furan rings is 1. The first kappa shape index (κ1) is 19.5. The van der Waals surface area contributed by atoms with E-state index in [1.165, 1.54) is 30.1 Å². The molecule has 1 aromatic heterocycles. The molecule has 1 atom stereocenters. The van der Waals surface area contributed by atoms with Crippen molar-refractivity contribution in [3.8, 4) is 0 Å². The predicted molar refractivity (Wildman–Crippen MR) is 96.4 cm³/mol. The molecule has 1 unspecified atom stereocenters. The molecule has 0 radical (unpaired) electrons. The summed E-state index contributed by atoms with van der Waals surface area (Å²) in [7, 11) is 1.44. The summed E-state index contributed by atoms with van der Waals surface area (Å²) < 4.78 is 18.7. The van der Waals surface area contributed by atoms with Crippen LogP contribution in [0.5, 0.6) is 0 Å². The highest BCUT2D eigenvalue weighted by molar-refractivity contribution is 6.43. The van der Waals surface area contributed by atoms with Gasteiger partial charge >= 0.3 is 0 Å². The molecular weight excluding hydrogens is 367 g/mol. The maximum atomic E-state index is 13.1. The summed E-state index contributed by atoms with van der Waals surface area (Å²) in [6, 6.07) is 6.97. The van der Waals surface area contributed by atoms with Gasteiger partial charge in [-0.15, -0.1) is 0 Å².